The molecule has 0 amide bonds. The van der Waals surface area contributed by atoms with E-state index in [2.05, 4.69) is 55.4 Å². The molecule has 3 heterocycles. The molecule has 0 radical (unpaired) electrons. The Balaban J connectivity index is 1.30. The van der Waals surface area contributed by atoms with E-state index in [1.54, 1.807) is 6.20 Å². The smallest absolute Gasteiger partial charge is 0.210 e. The average molecular weight is 450 g/mol. The molecule has 4 rings (SSSR count). The molecule has 2 aromatic heterocycles. The molecule has 0 spiro atoms. The van der Waals surface area contributed by atoms with Gasteiger partial charge < -0.3 is 24.2 Å². The van der Waals surface area contributed by atoms with Crippen molar-refractivity contribution < 1.29 is 14.7 Å². The number of piperazine rings is 1. The first-order valence-corrected chi connectivity index (χ1v) is 11.5. The molecule has 1 fully saturated rings. The SMILES string of the molecule is CCc1nccn1Cc1cc(C#Cc2ccc(N3CCN(C[C@H](O)CCO)CC3)cc2)on1. The molecule has 33 heavy (non-hydrogen) atoms. The lowest BCUT2D eigenvalue weighted by Crippen LogP contribution is -2.48. The van der Waals surface area contributed by atoms with Crippen molar-refractivity contribution in [1.82, 2.24) is 19.6 Å². The normalized spacial score (nSPS) is 15.3. The van der Waals surface area contributed by atoms with Gasteiger partial charge in [-0.25, -0.2) is 4.98 Å². The van der Waals surface area contributed by atoms with Crippen molar-refractivity contribution in [2.24, 2.45) is 0 Å². The van der Waals surface area contributed by atoms with Crippen LogP contribution in [0.4, 0.5) is 5.69 Å². The zero-order valence-electron chi connectivity index (χ0n) is 19.0. The Hall–Kier alpha value is -3.12. The van der Waals surface area contributed by atoms with Crippen molar-refractivity contribution in [1.29, 1.82) is 0 Å². The minimum atomic E-state index is -0.459. The molecule has 2 N–H and O–H groups in total. The maximum atomic E-state index is 9.89. The highest BCUT2D eigenvalue weighted by Crippen LogP contribution is 2.17. The van der Waals surface area contributed by atoms with Crippen LogP contribution in [0.2, 0.25) is 0 Å². The van der Waals surface area contributed by atoms with Crippen molar-refractivity contribution >= 4 is 5.69 Å². The number of hydrogen-bond donors (Lipinski definition) is 2. The summed E-state index contributed by atoms with van der Waals surface area (Å²) in [5.41, 5.74) is 2.92. The van der Waals surface area contributed by atoms with Gasteiger partial charge in [0, 0.05) is 75.5 Å². The van der Waals surface area contributed by atoms with E-state index >= 15 is 0 Å². The minimum Gasteiger partial charge on any atom is -0.396 e. The number of anilines is 1. The van der Waals surface area contributed by atoms with E-state index in [1.807, 2.05) is 24.4 Å². The van der Waals surface area contributed by atoms with Crippen molar-refractivity contribution in [2.75, 3.05) is 44.2 Å². The maximum absolute atomic E-state index is 9.89. The van der Waals surface area contributed by atoms with E-state index in [0.29, 0.717) is 25.3 Å². The van der Waals surface area contributed by atoms with E-state index in [4.69, 9.17) is 9.63 Å². The summed E-state index contributed by atoms with van der Waals surface area (Å²) in [5, 5.41) is 22.9. The first-order chi connectivity index (χ1) is 16.1. The van der Waals surface area contributed by atoms with Gasteiger partial charge in [-0.05, 0) is 36.6 Å². The molecular weight excluding hydrogens is 418 g/mol. The standard InChI is InChI=1S/C25H31N5O3/c1-2-25-26-10-11-30(25)18-21-17-24(33-27-21)8-5-20-3-6-22(7-4-20)29-14-12-28(13-15-29)19-23(32)9-16-31/h3-4,6-7,10-11,17,23,31-32H,2,9,12-16,18-19H2,1H3/t23-/m1/s1. The number of aliphatic hydroxyl groups excluding tert-OH is 2. The van der Waals surface area contributed by atoms with Crippen LogP contribution in [0.1, 0.15) is 36.2 Å². The van der Waals surface area contributed by atoms with Crippen LogP contribution >= 0.6 is 0 Å². The van der Waals surface area contributed by atoms with Crippen LogP contribution in [0, 0.1) is 11.8 Å². The quantitative estimate of drug-likeness (QED) is 0.506. The van der Waals surface area contributed by atoms with E-state index in [1.165, 1.54) is 5.69 Å². The fourth-order valence-electron chi connectivity index (χ4n) is 4.03. The number of hydrogen-bond acceptors (Lipinski definition) is 7. The lowest BCUT2D eigenvalue weighted by molar-refractivity contribution is 0.0851. The number of aromatic nitrogens is 3. The average Bonchev–Trinajstić information content (AvgIpc) is 3.48. The Morgan fingerprint density at radius 3 is 2.64 bits per heavy atom. The summed E-state index contributed by atoms with van der Waals surface area (Å²) in [6, 6.07) is 10.1. The lowest BCUT2D eigenvalue weighted by atomic mass is 10.1. The molecule has 1 aromatic carbocycles. The van der Waals surface area contributed by atoms with Gasteiger partial charge in [0.15, 0.2) is 0 Å². The molecule has 1 aliphatic heterocycles. The molecule has 0 aliphatic carbocycles. The van der Waals surface area contributed by atoms with Crippen molar-refractivity contribution in [3.63, 3.8) is 0 Å². The summed E-state index contributed by atoms with van der Waals surface area (Å²) in [4.78, 5) is 8.92. The van der Waals surface area contributed by atoms with Crippen LogP contribution in [0.3, 0.4) is 0 Å². The van der Waals surface area contributed by atoms with Gasteiger partial charge in [-0.2, -0.15) is 0 Å². The molecule has 0 unspecified atom stereocenters. The fraction of sp³-hybridized carbons (Fsp3) is 0.440. The molecule has 174 valence electrons. The first-order valence-electron chi connectivity index (χ1n) is 11.5. The van der Waals surface area contributed by atoms with Gasteiger partial charge >= 0.3 is 0 Å². The van der Waals surface area contributed by atoms with Crippen molar-refractivity contribution in [3.8, 4) is 11.8 Å². The summed E-state index contributed by atoms with van der Waals surface area (Å²) in [6.45, 7) is 6.97. The van der Waals surface area contributed by atoms with Crippen molar-refractivity contribution in [2.45, 2.75) is 32.4 Å². The molecule has 1 saturated heterocycles. The summed E-state index contributed by atoms with van der Waals surface area (Å²) < 4.78 is 7.44. The number of nitrogens with zero attached hydrogens (tertiary/aromatic N) is 5. The van der Waals surface area contributed by atoms with Crippen LogP contribution in [0.5, 0.6) is 0 Å². The summed E-state index contributed by atoms with van der Waals surface area (Å²) >= 11 is 0. The molecule has 0 bridgehead atoms. The van der Waals surface area contributed by atoms with Crippen molar-refractivity contribution in [3.05, 3.63) is 65.6 Å². The fourth-order valence-corrected chi connectivity index (χ4v) is 4.03. The second-order valence-corrected chi connectivity index (χ2v) is 8.26. The van der Waals surface area contributed by atoms with E-state index in [-0.39, 0.29) is 6.61 Å². The Morgan fingerprint density at radius 2 is 1.91 bits per heavy atom. The Labute approximate surface area is 194 Å². The number of aryl methyl sites for hydroxylation is 1. The second kappa shape index (κ2) is 11.1. The third-order valence-electron chi connectivity index (χ3n) is 5.88. The van der Waals surface area contributed by atoms with Crippen LogP contribution in [0.25, 0.3) is 0 Å². The third-order valence-corrected chi connectivity index (χ3v) is 5.88. The highest BCUT2D eigenvalue weighted by atomic mass is 16.5. The molecule has 8 heteroatoms. The first kappa shape index (κ1) is 23.1. The Morgan fingerprint density at radius 1 is 1.12 bits per heavy atom. The van der Waals surface area contributed by atoms with Gasteiger partial charge in [0.1, 0.15) is 11.5 Å². The van der Waals surface area contributed by atoms with Gasteiger partial charge in [-0.1, -0.05) is 18.0 Å². The largest absolute Gasteiger partial charge is 0.396 e. The lowest BCUT2D eigenvalue weighted by Gasteiger charge is -2.36. The molecule has 1 aliphatic rings. The summed E-state index contributed by atoms with van der Waals surface area (Å²) in [6.07, 6.45) is 4.59. The number of imidazole rings is 1. The minimum absolute atomic E-state index is 0.0271. The number of rotatable bonds is 8. The van der Waals surface area contributed by atoms with Crippen LogP contribution in [-0.2, 0) is 13.0 Å². The predicted molar refractivity (Wildman–Crippen MR) is 126 cm³/mol. The van der Waals surface area contributed by atoms with Gasteiger partial charge in [-0.3, -0.25) is 4.90 Å². The van der Waals surface area contributed by atoms with Gasteiger partial charge in [0.25, 0.3) is 0 Å². The summed E-state index contributed by atoms with van der Waals surface area (Å²) in [7, 11) is 0. The highest BCUT2D eigenvalue weighted by Gasteiger charge is 2.19. The predicted octanol–water partition coefficient (Wildman–Crippen LogP) is 1.75. The van der Waals surface area contributed by atoms with Gasteiger partial charge in [0.05, 0.1) is 12.6 Å². The number of aliphatic hydroxyl groups is 2. The van der Waals surface area contributed by atoms with Crippen LogP contribution < -0.4 is 4.90 Å². The highest BCUT2D eigenvalue weighted by molar-refractivity contribution is 5.51. The molecular formula is C25H31N5O3. The second-order valence-electron chi connectivity index (χ2n) is 8.26. The number of benzene rings is 1. The maximum Gasteiger partial charge on any atom is 0.210 e. The van der Waals surface area contributed by atoms with E-state index in [9.17, 15) is 5.11 Å². The number of β-amino-alcohol motifs (C(OH)–C–C–N with tert-alkyl or cyclic N) is 1. The van der Waals surface area contributed by atoms with E-state index in [0.717, 1.165) is 49.7 Å². The third kappa shape index (κ3) is 6.23. The monoisotopic (exact) mass is 449 g/mol. The zero-order valence-corrected chi connectivity index (χ0v) is 19.0. The Bertz CT molecular complexity index is 1070. The molecule has 1 atom stereocenters. The van der Waals surface area contributed by atoms with Gasteiger partial charge in [-0.15, -0.1) is 0 Å². The topological polar surface area (TPSA) is 90.8 Å². The van der Waals surface area contributed by atoms with Gasteiger partial charge in [0.2, 0.25) is 5.76 Å². The van der Waals surface area contributed by atoms with E-state index < -0.39 is 6.10 Å². The summed E-state index contributed by atoms with van der Waals surface area (Å²) in [5.74, 6) is 7.77. The van der Waals surface area contributed by atoms with Crippen LogP contribution in [-0.4, -0.2) is 75.3 Å². The van der Waals surface area contributed by atoms with Crippen LogP contribution in [0.15, 0.2) is 47.2 Å². The molecule has 0 saturated carbocycles. The molecule has 8 nitrogen and oxygen atoms in total. The zero-order chi connectivity index (χ0) is 23.0. The Kier molecular flexibility index (Phi) is 7.79. The molecule has 3 aromatic rings.